The molecule has 0 aromatic heterocycles. The van der Waals surface area contributed by atoms with Crippen LogP contribution in [0.25, 0.3) is 0 Å². The normalized spacial score (nSPS) is 10.8. The quantitative estimate of drug-likeness (QED) is 0.458. The molecule has 0 spiro atoms. The molecule has 4 aromatic rings. The average Bonchev–Trinajstić information content (AvgIpc) is 2.75. The first kappa shape index (κ1) is 20.3. The zero-order chi connectivity index (χ0) is 17.7. The summed E-state index contributed by atoms with van der Waals surface area (Å²) in [4.78, 5) is 0. The molecule has 0 fully saturated rings. The van der Waals surface area contributed by atoms with Crippen molar-refractivity contribution in [3.63, 3.8) is 0 Å². The van der Waals surface area contributed by atoms with Crippen molar-refractivity contribution in [2.75, 3.05) is 0 Å². The number of rotatable bonds is 5. The van der Waals surface area contributed by atoms with Gasteiger partial charge in [0.2, 0.25) is 0 Å². The van der Waals surface area contributed by atoms with E-state index in [-0.39, 0.29) is 51.4 Å². The fourth-order valence-electron chi connectivity index (χ4n) is 4.24. The summed E-state index contributed by atoms with van der Waals surface area (Å²) in [6, 6.07) is 43.8. The molecule has 0 heterocycles. The Labute approximate surface area is 205 Å². The molecule has 126 valence electrons. The fourth-order valence-corrected chi connectivity index (χ4v) is 4.24. The first-order valence-electron chi connectivity index (χ1n) is 9.27. The second-order valence-electron chi connectivity index (χ2n) is 6.97. The van der Waals surface area contributed by atoms with E-state index in [1.54, 1.807) is 0 Å². The Hall–Kier alpha value is -1.42. The van der Waals surface area contributed by atoms with Gasteiger partial charge in [-0.05, 0) is 0 Å². The van der Waals surface area contributed by atoms with Crippen LogP contribution in [0, 0.1) is 0 Å². The summed E-state index contributed by atoms with van der Waals surface area (Å²) < 4.78 is 0. The van der Waals surface area contributed by atoms with Crippen molar-refractivity contribution in [3.05, 3.63) is 127 Å². The second kappa shape index (κ2) is 9.68. The monoisotopic (exact) mass is 372 g/mol. The molecule has 2 heteroatoms. The maximum absolute atomic E-state index is 2.28. The Morgan fingerprint density at radius 1 is 0.407 bits per heavy atom. The summed E-state index contributed by atoms with van der Waals surface area (Å²) >= 11 is 0. The van der Waals surface area contributed by atoms with E-state index in [0.29, 0.717) is 0 Å². The Balaban J connectivity index is 0.00000210. The third kappa shape index (κ3) is 4.37. The smallest absolute Gasteiger partial charge is 0.200 e. The van der Waals surface area contributed by atoms with Gasteiger partial charge in [0.15, 0.2) is 0 Å². The zero-order valence-electron chi connectivity index (χ0n) is 15.8. The maximum Gasteiger partial charge on any atom is 1.00 e. The van der Waals surface area contributed by atoms with Crippen LogP contribution in [0.1, 0.15) is 5.56 Å². The third-order valence-electron chi connectivity index (χ3n) is 5.49. The molecule has 0 saturated carbocycles. The van der Waals surface area contributed by atoms with Crippen LogP contribution >= 0.6 is 0 Å². The Kier molecular flexibility index (Phi) is 7.28. The first-order chi connectivity index (χ1) is 12.9. The van der Waals surface area contributed by atoms with Crippen molar-refractivity contribution in [2.45, 2.75) is 6.32 Å². The molecule has 27 heavy (non-hydrogen) atoms. The predicted molar refractivity (Wildman–Crippen MR) is 114 cm³/mol. The van der Waals surface area contributed by atoms with Crippen LogP contribution in [0.2, 0.25) is 0 Å². The van der Waals surface area contributed by atoms with Crippen molar-refractivity contribution < 1.29 is 51.4 Å². The minimum atomic E-state index is -1.09. The molecule has 0 radical (unpaired) electrons. The van der Waals surface area contributed by atoms with Crippen LogP contribution in [0.4, 0.5) is 0 Å². The Morgan fingerprint density at radius 3 is 1.04 bits per heavy atom. The van der Waals surface area contributed by atoms with Gasteiger partial charge in [-0.2, -0.15) is 16.4 Å². The summed E-state index contributed by atoms with van der Waals surface area (Å²) in [6.45, 7) is 0. The molecule has 0 atom stereocenters. The van der Waals surface area contributed by atoms with Crippen LogP contribution in [0.15, 0.2) is 121 Å². The third-order valence-corrected chi connectivity index (χ3v) is 5.49. The molecular formula is C25H22BK. The van der Waals surface area contributed by atoms with Gasteiger partial charge in [0.05, 0.1) is 6.15 Å². The maximum atomic E-state index is 2.28. The van der Waals surface area contributed by atoms with Gasteiger partial charge >= 0.3 is 51.4 Å². The number of hydrogen-bond donors (Lipinski definition) is 0. The number of benzene rings is 4. The first-order valence-corrected chi connectivity index (χ1v) is 9.27. The molecular weight excluding hydrogens is 350 g/mol. The van der Waals surface area contributed by atoms with E-state index >= 15 is 0 Å². The van der Waals surface area contributed by atoms with Gasteiger partial charge < -0.3 is 0 Å². The summed E-state index contributed by atoms with van der Waals surface area (Å²) in [7, 11) is 0. The topological polar surface area (TPSA) is 0 Å². The zero-order valence-corrected chi connectivity index (χ0v) is 19.0. The van der Waals surface area contributed by atoms with Gasteiger partial charge in [-0.1, -0.05) is 127 Å². The number of hydrogen-bond acceptors (Lipinski definition) is 0. The minimum absolute atomic E-state index is 0. The van der Waals surface area contributed by atoms with Crippen molar-refractivity contribution in [3.8, 4) is 0 Å². The van der Waals surface area contributed by atoms with Crippen molar-refractivity contribution >= 4 is 22.5 Å². The van der Waals surface area contributed by atoms with Crippen LogP contribution in [0.5, 0.6) is 0 Å². The van der Waals surface area contributed by atoms with Crippen molar-refractivity contribution in [2.24, 2.45) is 0 Å². The van der Waals surface area contributed by atoms with Gasteiger partial charge in [-0.3, -0.25) is 0 Å². The van der Waals surface area contributed by atoms with Gasteiger partial charge in [0.25, 0.3) is 0 Å². The van der Waals surface area contributed by atoms with E-state index in [1.807, 2.05) is 0 Å². The predicted octanol–water partition coefficient (Wildman–Crippen LogP) is 0.943. The molecule has 4 rings (SSSR count). The summed E-state index contributed by atoms with van der Waals surface area (Å²) in [6.07, 6.45) is -0.109. The Bertz CT molecular complexity index is 842. The fraction of sp³-hybridized carbons (Fsp3) is 0.0400. The van der Waals surface area contributed by atoms with Crippen molar-refractivity contribution in [1.29, 1.82) is 0 Å². The molecule has 0 bridgehead atoms. The average molecular weight is 372 g/mol. The molecule has 0 amide bonds. The van der Waals surface area contributed by atoms with E-state index in [0.717, 1.165) is 6.32 Å². The van der Waals surface area contributed by atoms with Crippen LogP contribution in [-0.2, 0) is 6.32 Å². The molecule has 0 aliphatic rings. The van der Waals surface area contributed by atoms with Gasteiger partial charge in [-0.15, -0.1) is 6.32 Å². The largest absolute Gasteiger partial charge is 1.00 e. The molecule has 4 aromatic carbocycles. The summed E-state index contributed by atoms with van der Waals surface area (Å²) in [5.41, 5.74) is 5.51. The van der Waals surface area contributed by atoms with Crippen molar-refractivity contribution in [1.82, 2.24) is 0 Å². The van der Waals surface area contributed by atoms with E-state index in [1.165, 1.54) is 22.0 Å². The molecule has 0 saturated heterocycles. The molecule has 0 N–H and O–H groups in total. The summed E-state index contributed by atoms with van der Waals surface area (Å²) in [5.74, 6) is 0. The molecule has 0 nitrogen and oxygen atoms in total. The molecule has 0 aliphatic carbocycles. The van der Waals surface area contributed by atoms with Crippen LogP contribution < -0.4 is 67.8 Å². The van der Waals surface area contributed by atoms with Gasteiger partial charge in [0.1, 0.15) is 0 Å². The molecule has 0 unspecified atom stereocenters. The second-order valence-corrected chi connectivity index (χ2v) is 6.97. The van der Waals surface area contributed by atoms with Gasteiger partial charge in [0, 0.05) is 0 Å². The van der Waals surface area contributed by atoms with E-state index in [2.05, 4.69) is 121 Å². The standard InChI is InChI=1S/C25H22B.K/c1-5-13-22(14-6-1)21-26(23-15-7-2-8-16-23,24-17-9-3-10-18-24)25-19-11-4-12-20-25;/h1-20H,21H2;/q-1;+1. The van der Waals surface area contributed by atoms with E-state index in [9.17, 15) is 0 Å². The SMILES string of the molecule is [K+].c1ccc(C[B-](c2ccccc2)(c2ccccc2)c2ccccc2)cc1. The van der Waals surface area contributed by atoms with E-state index < -0.39 is 6.15 Å². The minimum Gasteiger partial charge on any atom is -0.200 e. The van der Waals surface area contributed by atoms with Gasteiger partial charge in [-0.25, -0.2) is 0 Å². The molecule has 0 aliphatic heterocycles. The summed E-state index contributed by atoms with van der Waals surface area (Å²) in [5, 5.41) is 0. The van der Waals surface area contributed by atoms with E-state index in [4.69, 9.17) is 0 Å². The van der Waals surface area contributed by atoms with Crippen LogP contribution in [0.3, 0.4) is 0 Å². The Morgan fingerprint density at radius 2 is 0.704 bits per heavy atom. The van der Waals surface area contributed by atoms with Crippen LogP contribution in [-0.4, -0.2) is 6.15 Å².